The second kappa shape index (κ2) is 6.16. The zero-order chi connectivity index (χ0) is 13.1. The lowest BCUT2D eigenvalue weighted by atomic mass is 10.2. The Labute approximate surface area is 129 Å². The van der Waals surface area contributed by atoms with E-state index in [1.165, 1.54) is 0 Å². The topological polar surface area (TPSA) is 9.23 Å². The molecule has 0 aliphatic carbocycles. The van der Waals surface area contributed by atoms with Gasteiger partial charge in [-0.1, -0.05) is 56.8 Å². The normalized spacial score (nSPS) is 10.4. The lowest BCUT2D eigenvalue weighted by Gasteiger charge is -2.11. The first-order valence-electron chi connectivity index (χ1n) is 5.08. The van der Waals surface area contributed by atoms with E-state index >= 15 is 0 Å². The van der Waals surface area contributed by atoms with E-state index in [-0.39, 0.29) is 0 Å². The van der Waals surface area contributed by atoms with E-state index in [1.807, 2.05) is 18.2 Å². The second-order valence-electron chi connectivity index (χ2n) is 3.53. The zero-order valence-corrected chi connectivity index (χ0v) is 12.9. The van der Waals surface area contributed by atoms with Gasteiger partial charge in [0.2, 0.25) is 0 Å². The summed E-state index contributed by atoms with van der Waals surface area (Å²) in [6.07, 6.45) is 0. The summed E-state index contributed by atoms with van der Waals surface area (Å²) in [6, 6.07) is 10.6. The minimum absolute atomic E-state index is 0.455. The van der Waals surface area contributed by atoms with Gasteiger partial charge in [-0.05, 0) is 24.3 Å². The molecular formula is C13H8BrCl3O. The first kappa shape index (κ1) is 14.0. The molecule has 18 heavy (non-hydrogen) atoms. The predicted molar refractivity (Wildman–Crippen MR) is 80.6 cm³/mol. The highest BCUT2D eigenvalue weighted by atomic mass is 79.9. The lowest BCUT2D eigenvalue weighted by Crippen LogP contribution is -1.90. The van der Waals surface area contributed by atoms with Gasteiger partial charge in [-0.25, -0.2) is 0 Å². The molecule has 0 aliphatic rings. The molecule has 94 valence electrons. The number of hydrogen-bond acceptors (Lipinski definition) is 1. The minimum Gasteiger partial charge on any atom is -0.457 e. The van der Waals surface area contributed by atoms with Crippen LogP contribution in [0.1, 0.15) is 5.56 Å². The Morgan fingerprint density at radius 3 is 2.39 bits per heavy atom. The van der Waals surface area contributed by atoms with E-state index in [0.29, 0.717) is 31.9 Å². The average molecular weight is 366 g/mol. The van der Waals surface area contributed by atoms with Crippen LogP contribution < -0.4 is 4.74 Å². The molecule has 0 aliphatic heterocycles. The highest BCUT2D eigenvalue weighted by Gasteiger charge is 2.08. The fourth-order valence-corrected chi connectivity index (χ4v) is 2.69. The summed E-state index contributed by atoms with van der Waals surface area (Å²) < 4.78 is 5.76. The Morgan fingerprint density at radius 2 is 1.72 bits per heavy atom. The molecule has 0 unspecified atom stereocenters. The van der Waals surface area contributed by atoms with Crippen molar-refractivity contribution in [2.45, 2.75) is 5.33 Å². The van der Waals surface area contributed by atoms with E-state index in [1.54, 1.807) is 18.2 Å². The van der Waals surface area contributed by atoms with Gasteiger partial charge in [-0.15, -0.1) is 0 Å². The first-order chi connectivity index (χ1) is 8.61. The van der Waals surface area contributed by atoms with Crippen LogP contribution in [0.25, 0.3) is 0 Å². The van der Waals surface area contributed by atoms with Crippen LogP contribution >= 0.6 is 50.7 Å². The molecule has 5 heteroatoms. The van der Waals surface area contributed by atoms with Crippen molar-refractivity contribution in [2.24, 2.45) is 0 Å². The van der Waals surface area contributed by atoms with Crippen molar-refractivity contribution >= 4 is 50.7 Å². The Morgan fingerprint density at radius 1 is 0.944 bits per heavy atom. The molecule has 0 heterocycles. The molecule has 0 atom stereocenters. The third-order valence-electron chi connectivity index (χ3n) is 2.33. The van der Waals surface area contributed by atoms with Gasteiger partial charge in [0.05, 0.1) is 10.0 Å². The van der Waals surface area contributed by atoms with Crippen molar-refractivity contribution < 1.29 is 4.74 Å². The Bertz CT molecular complexity index is 572. The van der Waals surface area contributed by atoms with Crippen molar-refractivity contribution in [3.8, 4) is 11.5 Å². The third kappa shape index (κ3) is 3.12. The van der Waals surface area contributed by atoms with E-state index in [0.717, 1.165) is 5.56 Å². The Kier molecular flexibility index (Phi) is 4.79. The van der Waals surface area contributed by atoms with Crippen LogP contribution in [0.2, 0.25) is 15.1 Å². The molecule has 2 aromatic rings. The smallest absolute Gasteiger partial charge is 0.132 e. The quantitative estimate of drug-likeness (QED) is 0.576. The predicted octanol–water partition coefficient (Wildman–Crippen LogP) is 6.33. The summed E-state index contributed by atoms with van der Waals surface area (Å²) in [5.41, 5.74) is 0.894. The third-order valence-corrected chi connectivity index (χ3v) is 3.98. The minimum atomic E-state index is 0.455. The van der Waals surface area contributed by atoms with Crippen molar-refractivity contribution in [3.05, 3.63) is 57.0 Å². The van der Waals surface area contributed by atoms with Crippen LogP contribution in [-0.2, 0) is 5.33 Å². The second-order valence-corrected chi connectivity index (χ2v) is 5.31. The number of ether oxygens (including phenoxy) is 1. The van der Waals surface area contributed by atoms with Gasteiger partial charge >= 0.3 is 0 Å². The largest absolute Gasteiger partial charge is 0.457 e. The summed E-state index contributed by atoms with van der Waals surface area (Å²) in [5, 5.41) is 2.22. The maximum Gasteiger partial charge on any atom is 0.132 e. The van der Waals surface area contributed by atoms with Gasteiger partial charge < -0.3 is 4.74 Å². The van der Waals surface area contributed by atoms with Crippen molar-refractivity contribution in [3.63, 3.8) is 0 Å². The molecule has 0 bridgehead atoms. The SMILES string of the molecule is Clc1ccc(Oc2cccc(Cl)c2CBr)cc1Cl. The average Bonchev–Trinajstić information content (AvgIpc) is 2.34. The molecule has 1 nitrogen and oxygen atoms in total. The van der Waals surface area contributed by atoms with Crippen molar-refractivity contribution in [2.75, 3.05) is 0 Å². The van der Waals surface area contributed by atoms with Crippen LogP contribution in [0, 0.1) is 0 Å². The van der Waals surface area contributed by atoms with Crippen molar-refractivity contribution in [1.29, 1.82) is 0 Å². The standard InChI is InChI=1S/C13H8BrCl3O/c14-7-9-10(15)2-1-3-13(9)18-8-4-5-11(16)12(17)6-8/h1-6H,7H2. The number of alkyl halides is 1. The van der Waals surface area contributed by atoms with Crippen molar-refractivity contribution in [1.82, 2.24) is 0 Å². The van der Waals surface area contributed by atoms with E-state index in [2.05, 4.69) is 15.9 Å². The number of halogens is 4. The maximum atomic E-state index is 6.10. The molecule has 0 fully saturated rings. The fraction of sp³-hybridized carbons (Fsp3) is 0.0769. The van der Waals surface area contributed by atoms with E-state index in [9.17, 15) is 0 Å². The van der Waals surface area contributed by atoms with Crippen LogP contribution in [0.3, 0.4) is 0 Å². The Hall–Kier alpha value is -0.410. The van der Waals surface area contributed by atoms with E-state index in [4.69, 9.17) is 39.5 Å². The van der Waals surface area contributed by atoms with Crippen LogP contribution in [0.4, 0.5) is 0 Å². The monoisotopic (exact) mass is 364 g/mol. The maximum absolute atomic E-state index is 6.10. The molecule has 0 aromatic heterocycles. The van der Waals surface area contributed by atoms with Crippen LogP contribution in [0.15, 0.2) is 36.4 Å². The van der Waals surface area contributed by atoms with Crippen LogP contribution in [0.5, 0.6) is 11.5 Å². The first-order valence-corrected chi connectivity index (χ1v) is 7.33. The summed E-state index contributed by atoms with van der Waals surface area (Å²) in [7, 11) is 0. The molecule has 0 radical (unpaired) electrons. The van der Waals surface area contributed by atoms with Crippen LogP contribution in [-0.4, -0.2) is 0 Å². The molecule has 0 N–H and O–H groups in total. The molecule has 0 saturated carbocycles. The van der Waals surface area contributed by atoms with Gasteiger partial charge in [0.1, 0.15) is 11.5 Å². The summed E-state index contributed by atoms with van der Waals surface area (Å²) in [5.74, 6) is 1.31. The van der Waals surface area contributed by atoms with Gasteiger partial charge in [0.15, 0.2) is 0 Å². The fourth-order valence-electron chi connectivity index (χ4n) is 1.43. The number of hydrogen-bond donors (Lipinski definition) is 0. The van der Waals surface area contributed by atoms with Gasteiger partial charge in [0, 0.05) is 22.0 Å². The molecule has 0 amide bonds. The lowest BCUT2D eigenvalue weighted by molar-refractivity contribution is 0.478. The number of benzene rings is 2. The molecule has 2 aromatic carbocycles. The van der Waals surface area contributed by atoms with Gasteiger partial charge in [0.25, 0.3) is 0 Å². The summed E-state index contributed by atoms with van der Waals surface area (Å²) in [4.78, 5) is 0. The summed E-state index contributed by atoms with van der Waals surface area (Å²) >= 11 is 21.3. The zero-order valence-electron chi connectivity index (χ0n) is 9.09. The molecule has 2 rings (SSSR count). The Balaban J connectivity index is 2.34. The highest BCUT2D eigenvalue weighted by molar-refractivity contribution is 9.08. The van der Waals surface area contributed by atoms with Gasteiger partial charge in [-0.2, -0.15) is 0 Å². The highest BCUT2D eigenvalue weighted by Crippen LogP contribution is 2.34. The van der Waals surface area contributed by atoms with Gasteiger partial charge in [-0.3, -0.25) is 0 Å². The molecule has 0 saturated heterocycles. The summed E-state index contributed by atoms with van der Waals surface area (Å²) in [6.45, 7) is 0. The number of rotatable bonds is 3. The molecule has 0 spiro atoms. The molecular weight excluding hydrogens is 358 g/mol. The van der Waals surface area contributed by atoms with E-state index < -0.39 is 0 Å².